The van der Waals surface area contributed by atoms with Gasteiger partial charge in [-0.05, 0) is 30.9 Å². The zero-order valence-corrected chi connectivity index (χ0v) is 13.1. The third-order valence-electron chi connectivity index (χ3n) is 3.93. The van der Waals surface area contributed by atoms with Gasteiger partial charge in [0.1, 0.15) is 18.0 Å². The maximum absolute atomic E-state index is 12.1. The first-order valence-corrected chi connectivity index (χ1v) is 7.92. The molecule has 0 saturated carbocycles. The molecule has 0 radical (unpaired) electrons. The Bertz CT molecular complexity index is 649. The highest BCUT2D eigenvalue weighted by Gasteiger charge is 2.34. The number of carbonyl (C=O) groups is 1. The zero-order valence-electron chi connectivity index (χ0n) is 12.3. The van der Waals surface area contributed by atoms with Crippen LogP contribution in [0.2, 0.25) is 0 Å². The molecule has 1 amide bonds. The first-order valence-electron chi connectivity index (χ1n) is 7.04. The van der Waals surface area contributed by atoms with Gasteiger partial charge in [-0.1, -0.05) is 0 Å². The number of aromatic nitrogens is 2. The molecule has 21 heavy (non-hydrogen) atoms. The number of ether oxygens (including phenoxy) is 1. The zero-order chi connectivity index (χ0) is 14.9. The van der Waals surface area contributed by atoms with Gasteiger partial charge in [0, 0.05) is 23.7 Å². The first kappa shape index (κ1) is 14.3. The van der Waals surface area contributed by atoms with Gasteiger partial charge in [-0.25, -0.2) is 4.98 Å². The van der Waals surface area contributed by atoms with Crippen molar-refractivity contribution in [3.05, 3.63) is 40.1 Å². The molecule has 0 bridgehead atoms. The Kier molecular flexibility index (Phi) is 3.82. The number of carbonyl (C=O) groups excluding carboxylic acids is 1. The molecule has 0 spiro atoms. The monoisotopic (exact) mass is 305 g/mol. The number of rotatable bonds is 4. The quantitative estimate of drug-likeness (QED) is 0.938. The summed E-state index contributed by atoms with van der Waals surface area (Å²) in [4.78, 5) is 17.6. The molecule has 2 aromatic heterocycles. The van der Waals surface area contributed by atoms with Crippen molar-refractivity contribution in [1.29, 1.82) is 0 Å². The third-order valence-corrected chi connectivity index (χ3v) is 4.91. The molecule has 6 heteroatoms. The number of thiophene rings is 1. The molecular formula is C15H19N3O2S. The molecule has 0 fully saturated rings. The number of hydrogen-bond acceptors (Lipinski definition) is 4. The standard InChI is InChI=1S/C15H19N3O2S/c1-11-16-5-6-18(11)9-14(19)17-10-15(2)12-4-8-21-13(12)3-7-20-15/h4-6,8H,3,7,9-10H2,1-2H3,(H,17,19)/t15-/m0/s1. The molecule has 5 nitrogen and oxygen atoms in total. The van der Waals surface area contributed by atoms with E-state index in [-0.39, 0.29) is 5.91 Å². The fourth-order valence-electron chi connectivity index (χ4n) is 2.65. The summed E-state index contributed by atoms with van der Waals surface area (Å²) in [5.41, 5.74) is 0.783. The topological polar surface area (TPSA) is 56.2 Å². The van der Waals surface area contributed by atoms with Crippen LogP contribution in [0.25, 0.3) is 0 Å². The SMILES string of the molecule is Cc1nccn1CC(=O)NC[C@]1(C)OCCc2sccc21. The van der Waals surface area contributed by atoms with Crippen LogP contribution in [0.15, 0.2) is 23.8 Å². The number of nitrogens with one attached hydrogen (secondary N) is 1. The number of fused-ring (bicyclic) bond motifs is 1. The predicted molar refractivity (Wildman–Crippen MR) is 81.3 cm³/mol. The molecule has 0 saturated heterocycles. The molecule has 112 valence electrons. The van der Waals surface area contributed by atoms with Gasteiger partial charge in [0.15, 0.2) is 0 Å². The van der Waals surface area contributed by atoms with Gasteiger partial charge in [0.25, 0.3) is 0 Å². The molecule has 0 aromatic carbocycles. The van der Waals surface area contributed by atoms with Gasteiger partial charge < -0.3 is 14.6 Å². The van der Waals surface area contributed by atoms with Gasteiger partial charge in [0.2, 0.25) is 5.91 Å². The first-order chi connectivity index (χ1) is 10.1. The second-order valence-corrected chi connectivity index (χ2v) is 6.47. The van der Waals surface area contributed by atoms with Crippen molar-refractivity contribution in [2.75, 3.05) is 13.2 Å². The highest BCUT2D eigenvalue weighted by molar-refractivity contribution is 7.10. The van der Waals surface area contributed by atoms with Crippen LogP contribution in [0.5, 0.6) is 0 Å². The Morgan fingerprint density at radius 2 is 2.48 bits per heavy atom. The fourth-order valence-corrected chi connectivity index (χ4v) is 3.63. The summed E-state index contributed by atoms with van der Waals surface area (Å²) in [6.45, 7) is 5.42. The Morgan fingerprint density at radius 3 is 3.24 bits per heavy atom. The summed E-state index contributed by atoms with van der Waals surface area (Å²) < 4.78 is 7.76. The van der Waals surface area contributed by atoms with E-state index in [9.17, 15) is 4.79 Å². The van der Waals surface area contributed by atoms with E-state index >= 15 is 0 Å². The lowest BCUT2D eigenvalue weighted by molar-refractivity contribution is -0.124. The molecular weight excluding hydrogens is 286 g/mol. The van der Waals surface area contributed by atoms with E-state index in [1.54, 1.807) is 17.5 Å². The molecule has 1 aliphatic heterocycles. The number of hydrogen-bond donors (Lipinski definition) is 1. The number of amides is 1. The van der Waals surface area contributed by atoms with E-state index in [2.05, 4.69) is 21.7 Å². The summed E-state index contributed by atoms with van der Waals surface area (Å²) in [5, 5.41) is 5.07. The Morgan fingerprint density at radius 1 is 1.62 bits per heavy atom. The molecule has 3 heterocycles. The minimum absolute atomic E-state index is 0.0247. The van der Waals surface area contributed by atoms with Crippen molar-refractivity contribution in [1.82, 2.24) is 14.9 Å². The van der Waals surface area contributed by atoms with Gasteiger partial charge in [-0.2, -0.15) is 0 Å². The van der Waals surface area contributed by atoms with Crippen LogP contribution in [0.4, 0.5) is 0 Å². The minimum atomic E-state index is -0.423. The van der Waals surface area contributed by atoms with Crippen molar-refractivity contribution >= 4 is 17.2 Å². The van der Waals surface area contributed by atoms with E-state index in [1.807, 2.05) is 24.6 Å². The normalized spacial score (nSPS) is 21.0. The summed E-state index contributed by atoms with van der Waals surface area (Å²) >= 11 is 1.76. The Hall–Kier alpha value is -1.66. The number of nitrogens with zero attached hydrogens (tertiary/aromatic N) is 2. The summed E-state index contributed by atoms with van der Waals surface area (Å²) in [7, 11) is 0. The molecule has 1 aliphatic rings. The van der Waals surface area contributed by atoms with Crippen molar-refractivity contribution in [3.8, 4) is 0 Å². The minimum Gasteiger partial charge on any atom is -0.368 e. The van der Waals surface area contributed by atoms with E-state index in [0.717, 1.165) is 12.2 Å². The molecule has 2 aromatic rings. The van der Waals surface area contributed by atoms with Crippen LogP contribution in [0, 0.1) is 6.92 Å². The smallest absolute Gasteiger partial charge is 0.240 e. The Balaban J connectivity index is 1.63. The van der Waals surface area contributed by atoms with Crippen molar-refractivity contribution in [3.63, 3.8) is 0 Å². The van der Waals surface area contributed by atoms with Gasteiger partial charge in [-0.15, -0.1) is 11.3 Å². The molecule has 0 unspecified atom stereocenters. The lowest BCUT2D eigenvalue weighted by Crippen LogP contribution is -2.44. The van der Waals surface area contributed by atoms with Crippen molar-refractivity contribution in [2.45, 2.75) is 32.4 Å². The average Bonchev–Trinajstić information content (AvgIpc) is 3.08. The third kappa shape index (κ3) is 2.87. The second kappa shape index (κ2) is 5.61. The maximum Gasteiger partial charge on any atom is 0.240 e. The summed E-state index contributed by atoms with van der Waals surface area (Å²) in [6, 6.07) is 2.10. The highest BCUT2D eigenvalue weighted by Crippen LogP contribution is 2.35. The Labute approximate surface area is 128 Å². The van der Waals surface area contributed by atoms with Gasteiger partial charge in [0.05, 0.1) is 13.2 Å². The van der Waals surface area contributed by atoms with Crippen LogP contribution in [0.1, 0.15) is 23.2 Å². The predicted octanol–water partition coefficient (Wildman–Crippen LogP) is 1.86. The van der Waals surface area contributed by atoms with E-state index in [0.29, 0.717) is 19.7 Å². The molecule has 0 aliphatic carbocycles. The van der Waals surface area contributed by atoms with Crippen LogP contribution in [-0.4, -0.2) is 28.6 Å². The van der Waals surface area contributed by atoms with E-state index in [4.69, 9.17) is 4.74 Å². The summed E-state index contributed by atoms with van der Waals surface area (Å²) in [6.07, 6.45) is 4.47. The van der Waals surface area contributed by atoms with E-state index < -0.39 is 5.60 Å². The van der Waals surface area contributed by atoms with Gasteiger partial charge >= 0.3 is 0 Å². The van der Waals surface area contributed by atoms with Crippen LogP contribution >= 0.6 is 11.3 Å². The average molecular weight is 305 g/mol. The van der Waals surface area contributed by atoms with Crippen molar-refractivity contribution < 1.29 is 9.53 Å². The lowest BCUT2D eigenvalue weighted by atomic mass is 9.93. The summed E-state index contributed by atoms with van der Waals surface area (Å²) in [5.74, 6) is 0.814. The maximum atomic E-state index is 12.1. The molecule has 1 N–H and O–H groups in total. The lowest BCUT2D eigenvalue weighted by Gasteiger charge is -2.34. The number of aryl methyl sites for hydroxylation is 1. The van der Waals surface area contributed by atoms with Crippen LogP contribution in [-0.2, 0) is 28.1 Å². The largest absolute Gasteiger partial charge is 0.368 e. The molecule has 3 rings (SSSR count). The molecule has 1 atom stereocenters. The second-order valence-electron chi connectivity index (χ2n) is 5.47. The highest BCUT2D eigenvalue weighted by atomic mass is 32.1. The van der Waals surface area contributed by atoms with Crippen LogP contribution in [0.3, 0.4) is 0 Å². The van der Waals surface area contributed by atoms with Crippen molar-refractivity contribution in [2.24, 2.45) is 0 Å². The van der Waals surface area contributed by atoms with Gasteiger partial charge in [-0.3, -0.25) is 4.79 Å². The fraction of sp³-hybridized carbons (Fsp3) is 0.467. The number of imidazole rings is 1. The van der Waals surface area contributed by atoms with Crippen LogP contribution < -0.4 is 5.32 Å². The van der Waals surface area contributed by atoms with E-state index in [1.165, 1.54) is 10.4 Å².